The summed E-state index contributed by atoms with van der Waals surface area (Å²) < 4.78 is 0. The number of amides is 1. The normalized spacial score (nSPS) is 14.8. The molecule has 5 heteroatoms. The minimum atomic E-state index is 0.120. The first-order valence-corrected chi connectivity index (χ1v) is 7.23. The lowest BCUT2D eigenvalue weighted by molar-refractivity contribution is -0.127. The highest BCUT2D eigenvalue weighted by Gasteiger charge is 2.18. The molecule has 1 amide bonds. The maximum absolute atomic E-state index is 11.9. The summed E-state index contributed by atoms with van der Waals surface area (Å²) in [5, 5.41) is 0.527. The Morgan fingerprint density at radius 2 is 2.11 bits per heavy atom. The van der Waals surface area contributed by atoms with E-state index in [1.807, 2.05) is 4.90 Å². The van der Waals surface area contributed by atoms with E-state index in [-0.39, 0.29) is 5.91 Å². The van der Waals surface area contributed by atoms with Crippen LogP contribution in [-0.2, 0) is 4.79 Å². The number of hydrogen-bond donors (Lipinski definition) is 0. The van der Waals surface area contributed by atoms with Crippen molar-refractivity contribution in [3.8, 4) is 0 Å². The molecule has 96 valence electrons. The van der Waals surface area contributed by atoms with Gasteiger partial charge in [0.25, 0.3) is 0 Å². The lowest BCUT2D eigenvalue weighted by atomic mass is 10.2. The van der Waals surface area contributed by atoms with Gasteiger partial charge in [-0.3, -0.25) is 9.59 Å². The van der Waals surface area contributed by atoms with Gasteiger partial charge in [0.1, 0.15) is 0 Å². The number of carbonyl (C=O) groups is 2. The smallest absolute Gasteiger partial charge is 0.232 e. The minimum Gasteiger partial charge on any atom is -0.342 e. The van der Waals surface area contributed by atoms with Crippen LogP contribution in [0.4, 0.5) is 0 Å². The molecule has 0 N–H and O–H groups in total. The van der Waals surface area contributed by atoms with Crippen LogP contribution in [0.5, 0.6) is 0 Å². The van der Waals surface area contributed by atoms with Crippen molar-refractivity contribution < 1.29 is 9.59 Å². The van der Waals surface area contributed by atoms with Crippen molar-refractivity contribution >= 4 is 35.6 Å². The van der Waals surface area contributed by atoms with Crippen LogP contribution < -0.4 is 0 Å². The second kappa shape index (κ2) is 6.25. The minimum absolute atomic E-state index is 0.120. The SMILES string of the molecule is O=Cc1cccc(Cl)c1SCC(=O)N1CCCC1. The summed E-state index contributed by atoms with van der Waals surface area (Å²) in [6.07, 6.45) is 2.94. The Morgan fingerprint density at radius 1 is 1.39 bits per heavy atom. The molecule has 0 bridgehead atoms. The van der Waals surface area contributed by atoms with Crippen LogP contribution in [0, 0.1) is 0 Å². The van der Waals surface area contributed by atoms with Crippen molar-refractivity contribution in [2.45, 2.75) is 17.7 Å². The first kappa shape index (κ1) is 13.4. The Hall–Kier alpha value is -1.00. The number of nitrogens with zero attached hydrogens (tertiary/aromatic N) is 1. The molecule has 1 aromatic carbocycles. The molecule has 1 saturated heterocycles. The lowest BCUT2D eigenvalue weighted by Gasteiger charge is -2.15. The van der Waals surface area contributed by atoms with Crippen molar-refractivity contribution in [2.24, 2.45) is 0 Å². The van der Waals surface area contributed by atoms with E-state index in [0.717, 1.165) is 32.2 Å². The first-order chi connectivity index (χ1) is 8.72. The van der Waals surface area contributed by atoms with Gasteiger partial charge in [-0.2, -0.15) is 0 Å². The molecule has 2 rings (SSSR count). The first-order valence-electron chi connectivity index (χ1n) is 5.86. The second-order valence-corrected chi connectivity index (χ2v) is 5.55. The van der Waals surface area contributed by atoms with Gasteiger partial charge >= 0.3 is 0 Å². The summed E-state index contributed by atoms with van der Waals surface area (Å²) in [6.45, 7) is 1.70. The number of hydrogen-bond acceptors (Lipinski definition) is 3. The molecular weight excluding hydrogens is 270 g/mol. The van der Waals surface area contributed by atoms with Gasteiger partial charge in [0.15, 0.2) is 6.29 Å². The van der Waals surface area contributed by atoms with Crippen molar-refractivity contribution in [1.29, 1.82) is 0 Å². The summed E-state index contributed by atoms with van der Waals surface area (Å²) >= 11 is 7.39. The summed E-state index contributed by atoms with van der Waals surface area (Å²) in [7, 11) is 0. The molecule has 1 aliphatic heterocycles. The Balaban J connectivity index is 2.01. The summed E-state index contributed by atoms with van der Waals surface area (Å²) in [5.41, 5.74) is 0.543. The van der Waals surface area contributed by atoms with Crippen LogP contribution in [0.1, 0.15) is 23.2 Å². The zero-order valence-electron chi connectivity index (χ0n) is 9.89. The average Bonchev–Trinajstić information content (AvgIpc) is 2.90. The molecule has 0 aromatic heterocycles. The van der Waals surface area contributed by atoms with Crippen LogP contribution >= 0.6 is 23.4 Å². The molecule has 0 radical (unpaired) electrons. The summed E-state index contributed by atoms with van der Waals surface area (Å²) in [5.74, 6) is 0.458. The van der Waals surface area contributed by atoms with E-state index in [2.05, 4.69) is 0 Å². The Kier molecular flexibility index (Phi) is 4.66. The van der Waals surface area contributed by atoms with Crippen LogP contribution in [-0.4, -0.2) is 35.9 Å². The summed E-state index contributed by atoms with van der Waals surface area (Å²) in [4.78, 5) is 25.4. The van der Waals surface area contributed by atoms with E-state index in [1.165, 1.54) is 11.8 Å². The van der Waals surface area contributed by atoms with Crippen molar-refractivity contribution in [3.05, 3.63) is 28.8 Å². The molecule has 18 heavy (non-hydrogen) atoms. The van der Waals surface area contributed by atoms with Crippen LogP contribution in [0.3, 0.4) is 0 Å². The van der Waals surface area contributed by atoms with E-state index in [4.69, 9.17) is 11.6 Å². The van der Waals surface area contributed by atoms with E-state index in [1.54, 1.807) is 18.2 Å². The van der Waals surface area contributed by atoms with Gasteiger partial charge in [0.05, 0.1) is 10.8 Å². The lowest BCUT2D eigenvalue weighted by Crippen LogP contribution is -2.29. The highest BCUT2D eigenvalue weighted by Crippen LogP contribution is 2.30. The van der Waals surface area contributed by atoms with Crippen molar-refractivity contribution in [3.63, 3.8) is 0 Å². The van der Waals surface area contributed by atoms with E-state index in [0.29, 0.717) is 21.2 Å². The third kappa shape index (κ3) is 3.06. The third-order valence-corrected chi connectivity index (χ3v) is 4.49. The van der Waals surface area contributed by atoms with Gasteiger partial charge in [0.2, 0.25) is 5.91 Å². The second-order valence-electron chi connectivity index (χ2n) is 4.15. The number of aldehydes is 1. The zero-order chi connectivity index (χ0) is 13.0. The maximum Gasteiger partial charge on any atom is 0.232 e. The highest BCUT2D eigenvalue weighted by molar-refractivity contribution is 8.00. The zero-order valence-corrected chi connectivity index (χ0v) is 11.5. The highest BCUT2D eigenvalue weighted by atomic mass is 35.5. The van der Waals surface area contributed by atoms with Gasteiger partial charge in [-0.15, -0.1) is 11.8 Å². The fourth-order valence-corrected chi connectivity index (χ4v) is 3.25. The van der Waals surface area contributed by atoms with E-state index < -0.39 is 0 Å². The quantitative estimate of drug-likeness (QED) is 0.630. The molecule has 0 spiro atoms. The molecule has 0 aliphatic carbocycles. The molecule has 0 atom stereocenters. The van der Waals surface area contributed by atoms with Gasteiger partial charge in [-0.25, -0.2) is 0 Å². The van der Waals surface area contributed by atoms with E-state index in [9.17, 15) is 9.59 Å². The molecule has 1 heterocycles. The monoisotopic (exact) mass is 283 g/mol. The number of halogens is 1. The van der Waals surface area contributed by atoms with Crippen molar-refractivity contribution in [2.75, 3.05) is 18.8 Å². The van der Waals surface area contributed by atoms with Gasteiger partial charge in [-0.05, 0) is 18.9 Å². The molecule has 1 aromatic rings. The molecule has 1 fully saturated rings. The standard InChI is InChI=1S/C13H14ClNO2S/c14-11-5-3-4-10(8-16)13(11)18-9-12(17)15-6-1-2-7-15/h3-5,8H,1-2,6-7,9H2. The number of carbonyl (C=O) groups excluding carboxylic acids is 2. The van der Waals surface area contributed by atoms with Gasteiger partial charge < -0.3 is 4.90 Å². The predicted molar refractivity (Wildman–Crippen MR) is 73.4 cm³/mol. The Morgan fingerprint density at radius 3 is 2.78 bits per heavy atom. The maximum atomic E-state index is 11.9. The summed E-state index contributed by atoms with van der Waals surface area (Å²) in [6, 6.07) is 5.18. The molecule has 1 aliphatic rings. The largest absolute Gasteiger partial charge is 0.342 e. The predicted octanol–water partition coefficient (Wildman–Crippen LogP) is 2.87. The van der Waals surface area contributed by atoms with Crippen LogP contribution in [0.25, 0.3) is 0 Å². The van der Waals surface area contributed by atoms with Crippen LogP contribution in [0.2, 0.25) is 5.02 Å². The number of likely N-dealkylation sites (tertiary alicyclic amines) is 1. The van der Waals surface area contributed by atoms with Gasteiger partial charge in [-0.1, -0.05) is 23.7 Å². The molecule has 3 nitrogen and oxygen atoms in total. The average molecular weight is 284 g/mol. The van der Waals surface area contributed by atoms with Crippen LogP contribution in [0.15, 0.2) is 23.1 Å². The molecular formula is C13H14ClNO2S. The molecule has 0 unspecified atom stereocenters. The third-order valence-electron chi connectivity index (χ3n) is 2.92. The number of benzene rings is 1. The van der Waals surface area contributed by atoms with Gasteiger partial charge in [0, 0.05) is 23.5 Å². The Bertz CT molecular complexity index is 458. The molecule has 0 saturated carbocycles. The number of rotatable bonds is 4. The topological polar surface area (TPSA) is 37.4 Å². The fraction of sp³-hybridized carbons (Fsp3) is 0.385. The Labute approximate surface area is 115 Å². The fourth-order valence-electron chi connectivity index (χ4n) is 1.96. The van der Waals surface area contributed by atoms with E-state index >= 15 is 0 Å². The van der Waals surface area contributed by atoms with Crippen molar-refractivity contribution in [1.82, 2.24) is 4.90 Å². The number of thioether (sulfide) groups is 1.